The zero-order valence-corrected chi connectivity index (χ0v) is 18.0. The zero-order valence-electron chi connectivity index (χ0n) is 18.0. The van der Waals surface area contributed by atoms with Crippen molar-refractivity contribution in [3.63, 3.8) is 0 Å². The van der Waals surface area contributed by atoms with Gasteiger partial charge in [-0.05, 0) is 40.5 Å². The van der Waals surface area contributed by atoms with Crippen molar-refractivity contribution in [2.24, 2.45) is 0 Å². The number of carboxylic acids is 1. The fraction of sp³-hybridized carbons (Fsp3) is 0.115. The topological polar surface area (TPSA) is 105 Å². The SMILES string of the molecule is O=C(/C=C/CNC(=O)OCC1c2ccccc2-c2ccccc21)Nc1ccc(F)cc1C(=O)O. The molecule has 4 rings (SSSR count). The van der Waals surface area contributed by atoms with E-state index in [4.69, 9.17) is 9.84 Å². The molecule has 0 heterocycles. The second-order valence-electron chi connectivity index (χ2n) is 7.59. The molecule has 0 radical (unpaired) electrons. The van der Waals surface area contributed by atoms with Gasteiger partial charge < -0.3 is 20.5 Å². The number of benzene rings is 3. The Bertz CT molecular complexity index is 1240. The second kappa shape index (κ2) is 9.99. The van der Waals surface area contributed by atoms with Crippen molar-refractivity contribution in [2.45, 2.75) is 5.92 Å². The van der Waals surface area contributed by atoms with E-state index in [0.717, 1.165) is 40.5 Å². The molecule has 0 fully saturated rings. The number of ether oxygens (including phenoxy) is 1. The Morgan fingerprint density at radius 3 is 2.26 bits per heavy atom. The van der Waals surface area contributed by atoms with E-state index >= 15 is 0 Å². The van der Waals surface area contributed by atoms with Crippen LogP contribution in [0.25, 0.3) is 11.1 Å². The van der Waals surface area contributed by atoms with Gasteiger partial charge in [0.15, 0.2) is 0 Å². The molecule has 0 aromatic heterocycles. The molecule has 1 aliphatic carbocycles. The van der Waals surface area contributed by atoms with Crippen LogP contribution in [-0.4, -0.2) is 36.2 Å². The Balaban J connectivity index is 1.28. The summed E-state index contributed by atoms with van der Waals surface area (Å²) in [5.41, 5.74) is 4.08. The molecule has 34 heavy (non-hydrogen) atoms. The third-order valence-electron chi connectivity index (χ3n) is 5.45. The van der Waals surface area contributed by atoms with E-state index < -0.39 is 23.8 Å². The van der Waals surface area contributed by atoms with Gasteiger partial charge in [0.25, 0.3) is 0 Å². The summed E-state index contributed by atoms with van der Waals surface area (Å²) in [5.74, 6) is -2.77. The van der Waals surface area contributed by atoms with Crippen LogP contribution in [-0.2, 0) is 9.53 Å². The lowest BCUT2D eigenvalue weighted by molar-refractivity contribution is -0.111. The Hall–Kier alpha value is -4.46. The molecule has 1 aliphatic rings. The minimum atomic E-state index is -1.37. The van der Waals surface area contributed by atoms with Gasteiger partial charge in [-0.25, -0.2) is 14.0 Å². The van der Waals surface area contributed by atoms with Crippen molar-refractivity contribution in [1.29, 1.82) is 0 Å². The van der Waals surface area contributed by atoms with E-state index in [0.29, 0.717) is 0 Å². The third-order valence-corrected chi connectivity index (χ3v) is 5.45. The van der Waals surface area contributed by atoms with Gasteiger partial charge in [0.1, 0.15) is 12.4 Å². The van der Waals surface area contributed by atoms with Crippen LogP contribution in [0.5, 0.6) is 0 Å². The summed E-state index contributed by atoms with van der Waals surface area (Å²) in [6.07, 6.45) is 1.90. The lowest BCUT2D eigenvalue weighted by Gasteiger charge is -2.14. The van der Waals surface area contributed by atoms with Gasteiger partial charge in [0.05, 0.1) is 11.3 Å². The summed E-state index contributed by atoms with van der Waals surface area (Å²) in [5, 5.41) is 14.0. The standard InChI is InChI=1S/C26H21FN2O5/c27-16-11-12-23(21(14-16)25(31)32)29-24(30)10-5-13-28-26(33)34-15-22-19-8-3-1-6-17(19)18-7-2-4-9-20(18)22/h1-12,14,22H,13,15H2,(H,28,33)(H,29,30)(H,31,32)/b10-5+. The molecule has 8 heteroatoms. The van der Waals surface area contributed by atoms with Gasteiger partial charge in [-0.3, -0.25) is 4.79 Å². The number of nitrogens with one attached hydrogen (secondary N) is 2. The van der Waals surface area contributed by atoms with E-state index in [9.17, 15) is 18.8 Å². The highest BCUT2D eigenvalue weighted by molar-refractivity contribution is 6.04. The van der Waals surface area contributed by atoms with Crippen molar-refractivity contribution in [1.82, 2.24) is 5.32 Å². The van der Waals surface area contributed by atoms with Crippen LogP contribution in [0, 0.1) is 5.82 Å². The van der Waals surface area contributed by atoms with Crippen LogP contribution >= 0.6 is 0 Å². The molecule has 7 nitrogen and oxygen atoms in total. The monoisotopic (exact) mass is 460 g/mol. The molecule has 0 unspecified atom stereocenters. The first-order valence-corrected chi connectivity index (χ1v) is 10.5. The molecule has 0 saturated heterocycles. The number of alkyl carbamates (subject to hydrolysis) is 1. The normalized spacial score (nSPS) is 12.1. The van der Waals surface area contributed by atoms with Gasteiger partial charge in [-0.2, -0.15) is 0 Å². The molecule has 3 aromatic carbocycles. The average molecular weight is 460 g/mol. The maximum absolute atomic E-state index is 13.2. The number of rotatable bonds is 7. The predicted molar refractivity (Wildman–Crippen MR) is 124 cm³/mol. The van der Waals surface area contributed by atoms with Crippen molar-refractivity contribution in [3.05, 3.63) is 101 Å². The summed E-state index contributed by atoms with van der Waals surface area (Å²) in [7, 11) is 0. The molecule has 0 aliphatic heterocycles. The van der Waals surface area contributed by atoms with Crippen LogP contribution in [0.15, 0.2) is 78.9 Å². The molecule has 0 saturated carbocycles. The summed E-state index contributed by atoms with van der Waals surface area (Å²) in [6, 6.07) is 19.1. The first kappa shape index (κ1) is 22.7. The van der Waals surface area contributed by atoms with E-state index in [1.54, 1.807) is 0 Å². The number of hydrogen-bond acceptors (Lipinski definition) is 4. The van der Waals surface area contributed by atoms with E-state index in [1.807, 2.05) is 36.4 Å². The summed E-state index contributed by atoms with van der Waals surface area (Å²) >= 11 is 0. The molecule has 0 spiro atoms. The fourth-order valence-electron chi connectivity index (χ4n) is 3.93. The highest BCUT2D eigenvalue weighted by Crippen LogP contribution is 2.44. The number of fused-ring (bicyclic) bond motifs is 3. The molecule has 0 atom stereocenters. The first-order chi connectivity index (χ1) is 16.4. The quantitative estimate of drug-likeness (QED) is 0.449. The van der Waals surface area contributed by atoms with Crippen molar-refractivity contribution in [3.8, 4) is 11.1 Å². The number of aromatic carboxylic acids is 1. The van der Waals surface area contributed by atoms with E-state index in [2.05, 4.69) is 22.8 Å². The van der Waals surface area contributed by atoms with Gasteiger partial charge in [0, 0.05) is 18.5 Å². The number of anilines is 1. The third kappa shape index (κ3) is 4.96. The molecule has 172 valence electrons. The first-order valence-electron chi connectivity index (χ1n) is 10.5. The van der Waals surface area contributed by atoms with E-state index in [1.165, 1.54) is 12.1 Å². The molecular formula is C26H21FN2O5. The lowest BCUT2D eigenvalue weighted by atomic mass is 9.98. The number of amides is 2. The highest BCUT2D eigenvalue weighted by Gasteiger charge is 2.28. The Kier molecular flexibility index (Phi) is 6.68. The van der Waals surface area contributed by atoms with Crippen LogP contribution in [0.2, 0.25) is 0 Å². The Morgan fingerprint density at radius 1 is 0.971 bits per heavy atom. The number of carbonyl (C=O) groups excluding carboxylic acids is 2. The van der Waals surface area contributed by atoms with Gasteiger partial charge in [-0.1, -0.05) is 54.6 Å². The van der Waals surface area contributed by atoms with Crippen LogP contribution in [0.4, 0.5) is 14.9 Å². The van der Waals surface area contributed by atoms with Crippen molar-refractivity contribution >= 4 is 23.7 Å². The number of carboxylic acid groups (broad SMARTS) is 1. The van der Waals surface area contributed by atoms with Crippen LogP contribution in [0.1, 0.15) is 27.4 Å². The smallest absolute Gasteiger partial charge is 0.407 e. The predicted octanol–water partition coefficient (Wildman–Crippen LogP) is 4.56. The average Bonchev–Trinajstić information content (AvgIpc) is 3.15. The minimum Gasteiger partial charge on any atom is -0.478 e. The van der Waals surface area contributed by atoms with Gasteiger partial charge >= 0.3 is 12.1 Å². The summed E-state index contributed by atoms with van der Waals surface area (Å²) in [4.78, 5) is 35.4. The second-order valence-corrected chi connectivity index (χ2v) is 7.59. The van der Waals surface area contributed by atoms with Crippen LogP contribution < -0.4 is 10.6 Å². The fourth-order valence-corrected chi connectivity index (χ4v) is 3.93. The lowest BCUT2D eigenvalue weighted by Crippen LogP contribution is -2.26. The van der Waals surface area contributed by atoms with Crippen LogP contribution in [0.3, 0.4) is 0 Å². The number of halogens is 1. The summed E-state index contributed by atoms with van der Waals surface area (Å²) < 4.78 is 18.6. The van der Waals surface area contributed by atoms with Gasteiger partial charge in [0.2, 0.25) is 5.91 Å². The molecule has 3 aromatic rings. The largest absolute Gasteiger partial charge is 0.478 e. The highest BCUT2D eigenvalue weighted by atomic mass is 19.1. The number of carbonyl (C=O) groups is 3. The molecule has 3 N–H and O–H groups in total. The maximum Gasteiger partial charge on any atom is 0.407 e. The van der Waals surface area contributed by atoms with Crippen molar-refractivity contribution < 1.29 is 28.6 Å². The maximum atomic E-state index is 13.2. The molecule has 0 bridgehead atoms. The van der Waals surface area contributed by atoms with Gasteiger partial charge in [-0.15, -0.1) is 0 Å². The van der Waals surface area contributed by atoms with E-state index in [-0.39, 0.29) is 30.3 Å². The Labute approximate surface area is 194 Å². The Morgan fingerprint density at radius 2 is 1.62 bits per heavy atom. The molecular weight excluding hydrogens is 439 g/mol. The zero-order chi connectivity index (χ0) is 24.1. The molecule has 2 amide bonds. The summed E-state index contributed by atoms with van der Waals surface area (Å²) in [6.45, 7) is 0.200. The number of hydrogen-bond donors (Lipinski definition) is 3. The van der Waals surface area contributed by atoms with Crippen molar-refractivity contribution in [2.75, 3.05) is 18.5 Å². The minimum absolute atomic E-state index is 0.0271.